The third-order valence-electron chi connectivity index (χ3n) is 6.73. The van der Waals surface area contributed by atoms with Crippen molar-refractivity contribution in [2.24, 2.45) is 0 Å². The Kier molecular flexibility index (Phi) is 6.55. The molecule has 2 amide bonds. The second kappa shape index (κ2) is 9.32. The normalized spacial score (nSPS) is 28.1. The summed E-state index contributed by atoms with van der Waals surface area (Å²) >= 11 is 0. The van der Waals surface area contributed by atoms with Crippen molar-refractivity contribution in [2.75, 3.05) is 46.4 Å². The lowest BCUT2D eigenvalue weighted by Gasteiger charge is -2.33. The molecule has 2 N–H and O–H groups in total. The van der Waals surface area contributed by atoms with Gasteiger partial charge in [0.25, 0.3) is 0 Å². The molecular weight excluding hydrogens is 384 g/mol. The van der Waals surface area contributed by atoms with Gasteiger partial charge in [-0.2, -0.15) is 0 Å². The van der Waals surface area contributed by atoms with Crippen LogP contribution in [0.3, 0.4) is 0 Å². The van der Waals surface area contributed by atoms with E-state index < -0.39 is 0 Å². The zero-order valence-corrected chi connectivity index (χ0v) is 17.6. The lowest BCUT2D eigenvalue weighted by Crippen LogP contribution is -2.49. The van der Waals surface area contributed by atoms with E-state index in [0.717, 1.165) is 24.9 Å². The number of fused-ring (bicyclic) bond motifs is 1. The van der Waals surface area contributed by atoms with Crippen molar-refractivity contribution < 1.29 is 19.4 Å². The van der Waals surface area contributed by atoms with Gasteiger partial charge in [-0.15, -0.1) is 0 Å². The summed E-state index contributed by atoms with van der Waals surface area (Å²) in [6.07, 6.45) is 2.17. The van der Waals surface area contributed by atoms with Gasteiger partial charge in [0.2, 0.25) is 11.8 Å². The highest BCUT2D eigenvalue weighted by Gasteiger charge is 2.44. The van der Waals surface area contributed by atoms with Crippen LogP contribution in [0, 0.1) is 0 Å². The van der Waals surface area contributed by atoms with Gasteiger partial charge in [0.1, 0.15) is 11.8 Å². The number of nitrogens with one attached hydrogen (secondary N) is 1. The Morgan fingerprint density at radius 2 is 1.93 bits per heavy atom. The highest BCUT2D eigenvalue weighted by Crippen LogP contribution is 2.29. The van der Waals surface area contributed by atoms with Gasteiger partial charge in [0.15, 0.2) is 0 Å². The van der Waals surface area contributed by atoms with E-state index in [-0.39, 0.29) is 35.7 Å². The van der Waals surface area contributed by atoms with Crippen LogP contribution >= 0.6 is 0 Å². The van der Waals surface area contributed by atoms with Crippen molar-refractivity contribution in [3.63, 3.8) is 0 Å². The van der Waals surface area contributed by atoms with E-state index in [1.165, 1.54) is 0 Å². The average Bonchev–Trinajstić information content (AvgIpc) is 3.13. The van der Waals surface area contributed by atoms with Crippen molar-refractivity contribution in [1.29, 1.82) is 0 Å². The Labute approximate surface area is 177 Å². The Bertz CT molecular complexity index is 750. The number of carbonyl (C=O) groups is 2. The Hall–Kier alpha value is -2.16. The van der Waals surface area contributed by atoms with E-state index in [0.29, 0.717) is 45.8 Å². The third-order valence-corrected chi connectivity index (χ3v) is 6.73. The smallest absolute Gasteiger partial charge is 0.239 e. The van der Waals surface area contributed by atoms with Crippen molar-refractivity contribution in [3.8, 4) is 5.75 Å². The van der Waals surface area contributed by atoms with Crippen molar-refractivity contribution in [1.82, 2.24) is 20.0 Å². The summed E-state index contributed by atoms with van der Waals surface area (Å²) in [5.41, 5.74) is 1.08. The van der Waals surface area contributed by atoms with E-state index in [4.69, 9.17) is 4.74 Å². The molecule has 0 aromatic heterocycles. The molecular formula is C22H32N4O4. The number of phenols is 1. The fourth-order valence-corrected chi connectivity index (χ4v) is 4.92. The Balaban J connectivity index is 1.37. The number of benzene rings is 1. The first-order valence-electron chi connectivity index (χ1n) is 10.9. The molecule has 0 aliphatic carbocycles. The molecule has 1 aromatic rings. The number of morpholine rings is 1. The number of aromatic hydroxyl groups is 1. The standard InChI is InChI=1S/C22H32N4O4/c1-24-17(4-7-20(28)25-10-12-30-13-11-25)14-23-22(29)21-19(24)8-9-26(21)15-16-2-5-18(27)6-3-16/h2-3,5-6,17,19,21,27H,4,7-15H2,1H3,(H,23,29)/t17-,19-,21-/m0/s1. The first-order valence-corrected chi connectivity index (χ1v) is 10.9. The molecule has 164 valence electrons. The SMILES string of the molecule is CN1[C@@H](CCC(=O)N2CCOCC2)CNC(=O)[C@@H]2[C@@H]1CCN2Cc1ccc(O)cc1. The number of amides is 2. The van der Waals surface area contributed by atoms with Gasteiger partial charge in [-0.3, -0.25) is 19.4 Å². The number of phenolic OH excluding ortho intramolecular Hbond substituents is 1. The third kappa shape index (κ3) is 4.61. The van der Waals surface area contributed by atoms with Crippen LogP contribution in [0.4, 0.5) is 0 Å². The van der Waals surface area contributed by atoms with Crippen LogP contribution in [-0.4, -0.2) is 96.2 Å². The summed E-state index contributed by atoms with van der Waals surface area (Å²) in [5, 5.41) is 12.6. The molecule has 0 unspecified atom stereocenters. The Morgan fingerprint density at radius 3 is 2.67 bits per heavy atom. The molecule has 8 nitrogen and oxygen atoms in total. The molecule has 3 saturated heterocycles. The van der Waals surface area contributed by atoms with Gasteiger partial charge in [0, 0.05) is 51.2 Å². The van der Waals surface area contributed by atoms with Gasteiger partial charge in [-0.1, -0.05) is 12.1 Å². The summed E-state index contributed by atoms with van der Waals surface area (Å²) < 4.78 is 5.33. The first-order chi connectivity index (χ1) is 14.5. The highest BCUT2D eigenvalue weighted by molar-refractivity contribution is 5.83. The molecule has 0 bridgehead atoms. The molecule has 0 radical (unpaired) electrons. The predicted molar refractivity (Wildman–Crippen MR) is 112 cm³/mol. The molecule has 8 heteroatoms. The van der Waals surface area contributed by atoms with E-state index in [1.807, 2.05) is 17.0 Å². The maximum absolute atomic E-state index is 12.9. The summed E-state index contributed by atoms with van der Waals surface area (Å²) in [6, 6.07) is 7.29. The molecule has 3 fully saturated rings. The maximum Gasteiger partial charge on any atom is 0.239 e. The van der Waals surface area contributed by atoms with E-state index in [2.05, 4.69) is 22.2 Å². The summed E-state index contributed by atoms with van der Waals surface area (Å²) in [5.74, 6) is 0.504. The first kappa shape index (κ1) is 21.1. The van der Waals surface area contributed by atoms with Gasteiger partial charge in [-0.05, 0) is 37.6 Å². The van der Waals surface area contributed by atoms with Crippen molar-refractivity contribution >= 4 is 11.8 Å². The number of hydrogen-bond acceptors (Lipinski definition) is 6. The van der Waals surface area contributed by atoms with Crippen LogP contribution in [0.5, 0.6) is 5.75 Å². The number of rotatable bonds is 5. The number of likely N-dealkylation sites (N-methyl/N-ethyl adjacent to an activating group) is 1. The molecule has 3 atom stereocenters. The number of hydrogen-bond donors (Lipinski definition) is 2. The highest BCUT2D eigenvalue weighted by atomic mass is 16.5. The second-order valence-electron chi connectivity index (χ2n) is 8.53. The number of nitrogens with zero attached hydrogens (tertiary/aromatic N) is 3. The fraction of sp³-hybridized carbons (Fsp3) is 0.636. The zero-order valence-electron chi connectivity index (χ0n) is 17.6. The van der Waals surface area contributed by atoms with Crippen LogP contribution in [0.2, 0.25) is 0 Å². The van der Waals surface area contributed by atoms with Crippen LogP contribution in [0.15, 0.2) is 24.3 Å². The molecule has 3 heterocycles. The molecule has 4 rings (SSSR count). The predicted octanol–water partition coefficient (Wildman–Crippen LogP) is 0.404. The van der Waals surface area contributed by atoms with Crippen LogP contribution in [0.1, 0.15) is 24.8 Å². The molecule has 3 aliphatic rings. The van der Waals surface area contributed by atoms with Gasteiger partial charge >= 0.3 is 0 Å². The minimum atomic E-state index is -0.191. The number of carbonyl (C=O) groups excluding carboxylic acids is 2. The lowest BCUT2D eigenvalue weighted by molar-refractivity contribution is -0.135. The van der Waals surface area contributed by atoms with Crippen molar-refractivity contribution in [3.05, 3.63) is 29.8 Å². The fourth-order valence-electron chi connectivity index (χ4n) is 4.92. The summed E-state index contributed by atoms with van der Waals surface area (Å²) in [7, 11) is 2.09. The second-order valence-corrected chi connectivity index (χ2v) is 8.53. The molecule has 1 aromatic carbocycles. The van der Waals surface area contributed by atoms with Crippen LogP contribution in [-0.2, 0) is 20.9 Å². The van der Waals surface area contributed by atoms with E-state index in [9.17, 15) is 14.7 Å². The topological polar surface area (TPSA) is 85.4 Å². The van der Waals surface area contributed by atoms with Gasteiger partial charge in [-0.25, -0.2) is 0 Å². The van der Waals surface area contributed by atoms with Crippen LogP contribution in [0.25, 0.3) is 0 Å². The van der Waals surface area contributed by atoms with E-state index >= 15 is 0 Å². The number of ether oxygens (including phenoxy) is 1. The monoisotopic (exact) mass is 416 g/mol. The molecule has 0 spiro atoms. The van der Waals surface area contributed by atoms with Gasteiger partial charge in [0.05, 0.1) is 13.2 Å². The summed E-state index contributed by atoms with van der Waals surface area (Å²) in [6.45, 7) is 4.69. The molecule has 3 aliphatic heterocycles. The average molecular weight is 417 g/mol. The maximum atomic E-state index is 12.9. The zero-order chi connectivity index (χ0) is 21.1. The van der Waals surface area contributed by atoms with Gasteiger partial charge < -0.3 is 20.1 Å². The quantitative estimate of drug-likeness (QED) is 0.723. The lowest BCUT2D eigenvalue weighted by atomic mass is 10.0. The molecule has 30 heavy (non-hydrogen) atoms. The Morgan fingerprint density at radius 1 is 1.20 bits per heavy atom. The largest absolute Gasteiger partial charge is 0.508 e. The number of likely N-dealkylation sites (tertiary alicyclic amines) is 1. The minimum Gasteiger partial charge on any atom is -0.508 e. The van der Waals surface area contributed by atoms with Crippen LogP contribution < -0.4 is 5.32 Å². The summed E-state index contributed by atoms with van der Waals surface area (Å²) in [4.78, 5) is 31.9. The molecule has 0 saturated carbocycles. The minimum absolute atomic E-state index is 0.0742. The van der Waals surface area contributed by atoms with Crippen molar-refractivity contribution in [2.45, 2.75) is 43.9 Å². The van der Waals surface area contributed by atoms with E-state index in [1.54, 1.807) is 12.1 Å².